The third-order valence-electron chi connectivity index (χ3n) is 3.87. The highest BCUT2D eigenvalue weighted by Gasteiger charge is 2.08. The molecule has 0 atom stereocenters. The Morgan fingerprint density at radius 1 is 1.04 bits per heavy atom. The molecule has 0 unspecified atom stereocenters. The first kappa shape index (κ1) is 17.5. The van der Waals surface area contributed by atoms with E-state index in [-0.39, 0.29) is 5.82 Å². The van der Waals surface area contributed by atoms with E-state index in [1.165, 1.54) is 12.1 Å². The van der Waals surface area contributed by atoms with E-state index >= 15 is 0 Å². The second-order valence-electron chi connectivity index (χ2n) is 6.05. The van der Waals surface area contributed by atoms with Crippen LogP contribution in [0.2, 0.25) is 0 Å². The van der Waals surface area contributed by atoms with Gasteiger partial charge in [0.2, 0.25) is 5.95 Å². The Hall–Kier alpha value is -3.88. The third kappa shape index (κ3) is 4.26. The molecule has 0 radical (unpaired) electrons. The largest absolute Gasteiger partial charge is 0.350 e. The molecule has 3 heterocycles. The number of benzene rings is 1. The van der Waals surface area contributed by atoms with Gasteiger partial charge >= 0.3 is 0 Å². The molecule has 0 saturated carbocycles. The van der Waals surface area contributed by atoms with Gasteiger partial charge in [-0.3, -0.25) is 9.55 Å². The first-order valence-corrected chi connectivity index (χ1v) is 8.57. The lowest BCUT2D eigenvalue weighted by molar-refractivity contribution is 0.627. The number of anilines is 3. The molecule has 0 aliphatic rings. The average Bonchev–Trinajstić information content (AvgIpc) is 3.15. The van der Waals surface area contributed by atoms with Crippen LogP contribution < -0.4 is 10.6 Å². The number of nitrogens with one attached hydrogen (secondary N) is 2. The van der Waals surface area contributed by atoms with Gasteiger partial charge in [-0.1, -0.05) is 12.1 Å². The van der Waals surface area contributed by atoms with Crippen molar-refractivity contribution in [3.05, 3.63) is 78.5 Å². The second-order valence-corrected chi connectivity index (χ2v) is 6.05. The predicted molar refractivity (Wildman–Crippen MR) is 103 cm³/mol. The summed E-state index contributed by atoms with van der Waals surface area (Å²) in [6, 6.07) is 8.06. The van der Waals surface area contributed by atoms with Crippen molar-refractivity contribution >= 4 is 17.6 Å². The maximum Gasteiger partial charge on any atom is 0.226 e. The first-order chi connectivity index (χ1) is 13.7. The molecule has 9 heteroatoms. The van der Waals surface area contributed by atoms with Gasteiger partial charge < -0.3 is 10.6 Å². The van der Waals surface area contributed by atoms with Gasteiger partial charge in [0.15, 0.2) is 0 Å². The van der Waals surface area contributed by atoms with Crippen LogP contribution in [0.4, 0.5) is 22.0 Å². The van der Waals surface area contributed by atoms with Crippen molar-refractivity contribution in [2.24, 2.45) is 0 Å². The summed E-state index contributed by atoms with van der Waals surface area (Å²) in [5.74, 6) is 1.91. The first-order valence-electron chi connectivity index (χ1n) is 8.57. The van der Waals surface area contributed by atoms with Crippen LogP contribution in [0.25, 0.3) is 5.82 Å². The number of hydrogen-bond acceptors (Lipinski definition) is 7. The molecule has 1 aromatic carbocycles. The normalized spacial score (nSPS) is 10.6. The lowest BCUT2D eigenvalue weighted by Gasteiger charge is -2.11. The highest BCUT2D eigenvalue weighted by atomic mass is 19.1. The van der Waals surface area contributed by atoms with Crippen molar-refractivity contribution < 1.29 is 4.39 Å². The van der Waals surface area contributed by atoms with E-state index in [4.69, 9.17) is 0 Å². The zero-order chi connectivity index (χ0) is 19.3. The van der Waals surface area contributed by atoms with Crippen LogP contribution in [0.15, 0.2) is 61.4 Å². The second kappa shape index (κ2) is 7.78. The molecular weight excluding hydrogens is 359 g/mol. The van der Waals surface area contributed by atoms with Crippen molar-refractivity contribution in [1.82, 2.24) is 29.5 Å². The lowest BCUT2D eigenvalue weighted by Crippen LogP contribution is -2.08. The third-order valence-corrected chi connectivity index (χ3v) is 3.87. The predicted octanol–water partition coefficient (Wildman–Crippen LogP) is 3.26. The fourth-order valence-corrected chi connectivity index (χ4v) is 2.53. The molecule has 2 N–H and O–H groups in total. The van der Waals surface area contributed by atoms with E-state index in [0.29, 0.717) is 29.9 Å². The van der Waals surface area contributed by atoms with Gasteiger partial charge in [-0.25, -0.2) is 14.4 Å². The van der Waals surface area contributed by atoms with E-state index in [9.17, 15) is 4.39 Å². The van der Waals surface area contributed by atoms with Crippen LogP contribution in [0.1, 0.15) is 11.3 Å². The molecule has 0 fully saturated rings. The number of aromatic nitrogens is 6. The van der Waals surface area contributed by atoms with E-state index in [1.54, 1.807) is 43.1 Å². The van der Waals surface area contributed by atoms with Gasteiger partial charge in [-0.15, -0.1) is 0 Å². The zero-order valence-corrected chi connectivity index (χ0v) is 15.0. The van der Waals surface area contributed by atoms with Gasteiger partial charge in [0, 0.05) is 31.2 Å². The minimum absolute atomic E-state index is 0.270. The average molecular weight is 376 g/mol. The molecule has 0 spiro atoms. The molecule has 0 bridgehead atoms. The smallest absolute Gasteiger partial charge is 0.226 e. The van der Waals surface area contributed by atoms with Crippen LogP contribution in [0.3, 0.4) is 0 Å². The zero-order valence-electron chi connectivity index (χ0n) is 15.0. The fraction of sp³-hybridized carbons (Fsp3) is 0.105. The summed E-state index contributed by atoms with van der Waals surface area (Å²) in [5, 5.41) is 6.29. The summed E-state index contributed by atoms with van der Waals surface area (Å²) in [5.41, 5.74) is 1.79. The molecule has 3 aromatic heterocycles. The molecule has 140 valence electrons. The summed E-state index contributed by atoms with van der Waals surface area (Å²) in [6.07, 6.45) is 8.36. The van der Waals surface area contributed by atoms with Crippen molar-refractivity contribution in [3.8, 4) is 5.82 Å². The molecule has 8 nitrogen and oxygen atoms in total. The van der Waals surface area contributed by atoms with E-state index in [0.717, 1.165) is 11.3 Å². The summed E-state index contributed by atoms with van der Waals surface area (Å²) >= 11 is 0. The number of imidazole rings is 1. The molecule has 28 heavy (non-hydrogen) atoms. The summed E-state index contributed by atoms with van der Waals surface area (Å²) < 4.78 is 14.9. The fourth-order valence-electron chi connectivity index (χ4n) is 2.53. The monoisotopic (exact) mass is 376 g/mol. The van der Waals surface area contributed by atoms with Crippen LogP contribution in [0, 0.1) is 12.7 Å². The van der Waals surface area contributed by atoms with Crippen molar-refractivity contribution in [2.45, 2.75) is 13.5 Å². The number of aryl methyl sites for hydroxylation is 1. The number of nitrogens with zero attached hydrogens (tertiary/aromatic N) is 6. The van der Waals surface area contributed by atoms with Crippen LogP contribution in [0.5, 0.6) is 0 Å². The standard InChI is InChI=1S/C19H17FN8/c1-13-11-28(12-24-13)18-8-16(25-17-10-21-6-7-22-17)26-19(27-18)23-9-14-2-4-15(20)5-3-14/h2-8,10-12H,9H2,1H3,(H2,22,23,25,26,27). The summed E-state index contributed by atoms with van der Waals surface area (Å²) in [6.45, 7) is 2.36. The van der Waals surface area contributed by atoms with Crippen molar-refractivity contribution in [1.29, 1.82) is 0 Å². The van der Waals surface area contributed by atoms with Crippen molar-refractivity contribution in [2.75, 3.05) is 10.6 Å². The molecule has 0 aliphatic carbocycles. The Morgan fingerprint density at radius 2 is 1.89 bits per heavy atom. The highest BCUT2D eigenvalue weighted by molar-refractivity contribution is 5.55. The Balaban J connectivity index is 1.62. The Labute approximate surface area is 160 Å². The SMILES string of the molecule is Cc1cn(-c2cc(Nc3cnccn3)nc(NCc3ccc(F)cc3)n2)cn1. The van der Waals surface area contributed by atoms with E-state index < -0.39 is 0 Å². The summed E-state index contributed by atoms with van der Waals surface area (Å²) in [7, 11) is 0. The molecule has 4 rings (SSSR count). The molecule has 0 saturated heterocycles. The maximum atomic E-state index is 13.1. The minimum Gasteiger partial charge on any atom is -0.350 e. The lowest BCUT2D eigenvalue weighted by atomic mass is 10.2. The Kier molecular flexibility index (Phi) is 4.87. The number of hydrogen-bond donors (Lipinski definition) is 2. The molecule has 0 aliphatic heterocycles. The molecule has 4 aromatic rings. The van der Waals surface area contributed by atoms with E-state index in [1.807, 2.05) is 17.7 Å². The molecular formula is C19H17FN8. The number of halogens is 1. The number of rotatable bonds is 6. The Bertz CT molecular complexity index is 1060. The van der Waals surface area contributed by atoms with Crippen LogP contribution >= 0.6 is 0 Å². The van der Waals surface area contributed by atoms with Crippen LogP contribution in [-0.4, -0.2) is 29.5 Å². The van der Waals surface area contributed by atoms with E-state index in [2.05, 4.69) is 35.6 Å². The van der Waals surface area contributed by atoms with Crippen molar-refractivity contribution in [3.63, 3.8) is 0 Å². The van der Waals surface area contributed by atoms with Gasteiger partial charge in [0.25, 0.3) is 0 Å². The quantitative estimate of drug-likeness (QED) is 0.533. The topological polar surface area (TPSA) is 93.4 Å². The molecule has 0 amide bonds. The van der Waals surface area contributed by atoms with Crippen LogP contribution in [-0.2, 0) is 6.54 Å². The summed E-state index contributed by atoms with van der Waals surface area (Å²) in [4.78, 5) is 21.5. The highest BCUT2D eigenvalue weighted by Crippen LogP contribution is 2.18. The van der Waals surface area contributed by atoms with Gasteiger partial charge in [-0.2, -0.15) is 9.97 Å². The van der Waals surface area contributed by atoms with Gasteiger partial charge in [0.05, 0.1) is 11.9 Å². The van der Waals surface area contributed by atoms with Gasteiger partial charge in [0.1, 0.15) is 29.6 Å². The Morgan fingerprint density at radius 3 is 2.61 bits per heavy atom. The minimum atomic E-state index is -0.270. The van der Waals surface area contributed by atoms with Gasteiger partial charge in [-0.05, 0) is 24.6 Å². The maximum absolute atomic E-state index is 13.1.